The van der Waals surface area contributed by atoms with Gasteiger partial charge in [0, 0.05) is 10.5 Å². The number of nitrogens with zero attached hydrogens (tertiary/aromatic N) is 1. The van der Waals surface area contributed by atoms with Gasteiger partial charge in [-0.15, -0.1) is 0 Å². The molecule has 1 aliphatic rings. The van der Waals surface area contributed by atoms with Gasteiger partial charge in [-0.2, -0.15) is 0 Å². The van der Waals surface area contributed by atoms with Gasteiger partial charge in [0.05, 0.1) is 11.5 Å². The molecule has 126 valence electrons. The Kier molecular flexibility index (Phi) is 4.66. The monoisotopic (exact) mass is 396 g/mol. The smallest absolute Gasteiger partial charge is 0.308 e. The highest BCUT2D eigenvalue weighted by Gasteiger charge is 2.34. The Morgan fingerprint density at radius 2 is 2.17 bits per heavy atom. The second-order valence-corrected chi connectivity index (χ2v) is 6.53. The van der Waals surface area contributed by atoms with Crippen molar-refractivity contribution in [3.8, 4) is 11.5 Å². The number of amides is 1. The van der Waals surface area contributed by atoms with Crippen molar-refractivity contribution in [2.75, 3.05) is 0 Å². The Balaban J connectivity index is 1.75. The van der Waals surface area contributed by atoms with Crippen molar-refractivity contribution in [3.05, 3.63) is 40.4 Å². The molecule has 1 aliphatic carbocycles. The summed E-state index contributed by atoms with van der Waals surface area (Å²) in [6.07, 6.45) is 3.02. The standard InChI is InChI=1S/C16H14BrFN2O4/c17-8-4-5-9(11(18)6-8)15-20-13(7-24-15)14(21)19-12-3-1-2-10(12)16(22)23/h4-7,10,12H,1-3H2,(H,19,21)(H,22,23)/t10-,12+/m1/s1. The molecule has 1 amide bonds. The summed E-state index contributed by atoms with van der Waals surface area (Å²) in [4.78, 5) is 27.4. The van der Waals surface area contributed by atoms with E-state index in [9.17, 15) is 14.0 Å². The number of benzene rings is 1. The predicted octanol–water partition coefficient (Wildman–Crippen LogP) is 3.23. The van der Waals surface area contributed by atoms with Crippen LogP contribution in [0.4, 0.5) is 4.39 Å². The third-order valence-electron chi connectivity index (χ3n) is 4.05. The number of carboxylic acid groups (broad SMARTS) is 1. The van der Waals surface area contributed by atoms with E-state index < -0.39 is 29.7 Å². The van der Waals surface area contributed by atoms with Gasteiger partial charge in [0.2, 0.25) is 5.89 Å². The molecule has 0 radical (unpaired) electrons. The van der Waals surface area contributed by atoms with Crippen LogP contribution >= 0.6 is 15.9 Å². The first-order valence-electron chi connectivity index (χ1n) is 7.40. The van der Waals surface area contributed by atoms with Gasteiger partial charge in [-0.1, -0.05) is 22.4 Å². The molecular formula is C16H14BrFN2O4. The Bertz CT molecular complexity index is 792. The lowest BCUT2D eigenvalue weighted by molar-refractivity contribution is -0.142. The van der Waals surface area contributed by atoms with Crippen LogP contribution in [0.15, 0.2) is 33.4 Å². The molecule has 2 aromatic rings. The molecule has 8 heteroatoms. The van der Waals surface area contributed by atoms with E-state index in [2.05, 4.69) is 26.2 Å². The highest BCUT2D eigenvalue weighted by molar-refractivity contribution is 9.10. The van der Waals surface area contributed by atoms with E-state index in [4.69, 9.17) is 9.52 Å². The number of carboxylic acids is 1. The zero-order valence-corrected chi connectivity index (χ0v) is 14.0. The highest BCUT2D eigenvalue weighted by Crippen LogP contribution is 2.27. The van der Waals surface area contributed by atoms with Gasteiger partial charge in [0.1, 0.15) is 12.1 Å². The van der Waals surface area contributed by atoms with Crippen LogP contribution in [0.25, 0.3) is 11.5 Å². The van der Waals surface area contributed by atoms with Crippen molar-refractivity contribution in [2.45, 2.75) is 25.3 Å². The molecule has 1 aromatic carbocycles. The van der Waals surface area contributed by atoms with Crippen LogP contribution in [0.5, 0.6) is 0 Å². The van der Waals surface area contributed by atoms with E-state index in [1.54, 1.807) is 6.07 Å². The molecule has 1 fully saturated rings. The maximum atomic E-state index is 13.9. The largest absolute Gasteiger partial charge is 0.481 e. The number of hydrogen-bond acceptors (Lipinski definition) is 4. The molecule has 0 aliphatic heterocycles. The molecule has 6 nitrogen and oxygen atoms in total. The van der Waals surface area contributed by atoms with Crippen LogP contribution in [0.2, 0.25) is 0 Å². The fraction of sp³-hybridized carbons (Fsp3) is 0.312. The van der Waals surface area contributed by atoms with E-state index in [1.165, 1.54) is 12.1 Å². The lowest BCUT2D eigenvalue weighted by Gasteiger charge is -2.16. The lowest BCUT2D eigenvalue weighted by atomic mass is 10.0. The first-order chi connectivity index (χ1) is 11.5. The second-order valence-electron chi connectivity index (χ2n) is 5.62. The Morgan fingerprint density at radius 1 is 1.38 bits per heavy atom. The predicted molar refractivity (Wildman–Crippen MR) is 85.8 cm³/mol. The van der Waals surface area contributed by atoms with Gasteiger partial charge in [-0.05, 0) is 31.0 Å². The molecule has 0 saturated heterocycles. The minimum atomic E-state index is -0.921. The number of aliphatic carboxylic acids is 1. The fourth-order valence-electron chi connectivity index (χ4n) is 2.84. The van der Waals surface area contributed by atoms with Gasteiger partial charge in [-0.3, -0.25) is 9.59 Å². The molecule has 3 rings (SSSR count). The zero-order valence-electron chi connectivity index (χ0n) is 12.5. The summed E-state index contributed by atoms with van der Waals surface area (Å²) in [6, 6.07) is 3.97. The van der Waals surface area contributed by atoms with Crippen molar-refractivity contribution >= 4 is 27.8 Å². The van der Waals surface area contributed by atoms with Crippen molar-refractivity contribution in [1.82, 2.24) is 10.3 Å². The minimum Gasteiger partial charge on any atom is -0.481 e. The van der Waals surface area contributed by atoms with E-state index in [0.717, 1.165) is 12.7 Å². The Morgan fingerprint density at radius 3 is 2.88 bits per heavy atom. The van der Waals surface area contributed by atoms with E-state index in [1.807, 2.05) is 0 Å². The number of rotatable bonds is 4. The Hall–Kier alpha value is -2.22. The molecule has 0 spiro atoms. The van der Waals surface area contributed by atoms with Gasteiger partial charge in [-0.25, -0.2) is 9.37 Å². The molecule has 2 N–H and O–H groups in total. The van der Waals surface area contributed by atoms with Crippen molar-refractivity contribution < 1.29 is 23.5 Å². The summed E-state index contributed by atoms with van der Waals surface area (Å²) in [5.74, 6) is -2.58. The highest BCUT2D eigenvalue weighted by atomic mass is 79.9. The summed E-state index contributed by atoms with van der Waals surface area (Å²) >= 11 is 3.16. The topological polar surface area (TPSA) is 92.4 Å². The van der Waals surface area contributed by atoms with Crippen LogP contribution in [0.3, 0.4) is 0 Å². The summed E-state index contributed by atoms with van der Waals surface area (Å²) in [7, 11) is 0. The molecule has 1 aromatic heterocycles. The average molecular weight is 397 g/mol. The number of nitrogens with one attached hydrogen (secondary N) is 1. The van der Waals surface area contributed by atoms with Gasteiger partial charge in [0.15, 0.2) is 5.69 Å². The number of carbonyl (C=O) groups is 2. The third-order valence-corrected chi connectivity index (χ3v) is 4.54. The SMILES string of the molecule is O=C(N[C@H]1CCC[C@H]1C(=O)O)c1coc(-c2ccc(Br)cc2F)n1. The zero-order chi connectivity index (χ0) is 17.3. The summed E-state index contributed by atoms with van der Waals surface area (Å²) in [6.45, 7) is 0. The number of carbonyl (C=O) groups excluding carboxylic acids is 1. The van der Waals surface area contributed by atoms with Gasteiger partial charge >= 0.3 is 5.97 Å². The van der Waals surface area contributed by atoms with Gasteiger partial charge in [0.25, 0.3) is 5.91 Å². The first-order valence-corrected chi connectivity index (χ1v) is 8.19. The molecule has 0 unspecified atom stereocenters. The van der Waals surface area contributed by atoms with Crippen molar-refractivity contribution in [2.24, 2.45) is 5.92 Å². The first kappa shape index (κ1) is 16.6. The lowest BCUT2D eigenvalue weighted by Crippen LogP contribution is -2.40. The molecule has 24 heavy (non-hydrogen) atoms. The van der Waals surface area contributed by atoms with Crippen LogP contribution in [-0.4, -0.2) is 28.0 Å². The van der Waals surface area contributed by atoms with E-state index in [0.29, 0.717) is 17.3 Å². The number of hydrogen-bond donors (Lipinski definition) is 2. The van der Waals surface area contributed by atoms with Crippen LogP contribution in [-0.2, 0) is 4.79 Å². The molecule has 0 bridgehead atoms. The Labute approximate surface area is 145 Å². The minimum absolute atomic E-state index is 0.00800. The normalized spacial score (nSPS) is 20.1. The maximum absolute atomic E-state index is 13.9. The van der Waals surface area contributed by atoms with Gasteiger partial charge < -0.3 is 14.8 Å². The number of oxazole rings is 1. The van der Waals surface area contributed by atoms with Crippen LogP contribution in [0, 0.1) is 11.7 Å². The fourth-order valence-corrected chi connectivity index (χ4v) is 3.17. The number of aromatic nitrogens is 1. The summed E-state index contributed by atoms with van der Waals surface area (Å²) in [5, 5.41) is 11.8. The molecule has 1 saturated carbocycles. The summed E-state index contributed by atoms with van der Waals surface area (Å²) in [5.41, 5.74) is 0.130. The van der Waals surface area contributed by atoms with E-state index in [-0.39, 0.29) is 17.1 Å². The average Bonchev–Trinajstić information content (AvgIpc) is 3.16. The molecule has 2 atom stereocenters. The third kappa shape index (κ3) is 3.33. The summed E-state index contributed by atoms with van der Waals surface area (Å²) < 4.78 is 19.7. The quantitative estimate of drug-likeness (QED) is 0.827. The maximum Gasteiger partial charge on any atom is 0.308 e. The molecule has 1 heterocycles. The van der Waals surface area contributed by atoms with E-state index >= 15 is 0 Å². The second kappa shape index (κ2) is 6.72. The van der Waals surface area contributed by atoms with Crippen LogP contribution < -0.4 is 5.32 Å². The van der Waals surface area contributed by atoms with Crippen molar-refractivity contribution in [3.63, 3.8) is 0 Å². The van der Waals surface area contributed by atoms with Crippen LogP contribution in [0.1, 0.15) is 29.8 Å². The van der Waals surface area contributed by atoms with Crippen molar-refractivity contribution in [1.29, 1.82) is 0 Å². The number of halogens is 2. The molecular weight excluding hydrogens is 383 g/mol.